The van der Waals surface area contributed by atoms with Gasteiger partial charge in [0.1, 0.15) is 11.6 Å². The first-order chi connectivity index (χ1) is 13.2. The van der Waals surface area contributed by atoms with E-state index >= 15 is 0 Å². The van der Waals surface area contributed by atoms with E-state index in [1.54, 1.807) is 48.7 Å². The second-order valence-corrected chi connectivity index (χ2v) is 6.13. The first-order valence-corrected chi connectivity index (χ1v) is 8.51. The summed E-state index contributed by atoms with van der Waals surface area (Å²) >= 11 is 0. The molecule has 0 saturated carbocycles. The van der Waals surface area contributed by atoms with E-state index in [4.69, 9.17) is 0 Å². The number of ketones is 1. The van der Waals surface area contributed by atoms with E-state index in [1.165, 1.54) is 4.90 Å². The van der Waals surface area contributed by atoms with Crippen LogP contribution in [0.1, 0.15) is 17.2 Å². The molecule has 1 amide bonds. The first-order valence-electron chi connectivity index (χ1n) is 8.51. The van der Waals surface area contributed by atoms with Gasteiger partial charge in [-0.3, -0.25) is 14.5 Å². The number of rotatable bonds is 3. The molecule has 1 aliphatic rings. The Hall–Kier alpha value is -3.73. The largest absolute Gasteiger partial charge is 0.507 e. The molecule has 1 N–H and O–H groups in total. The molecule has 132 valence electrons. The summed E-state index contributed by atoms with van der Waals surface area (Å²) in [6.07, 6.45) is 1.56. The minimum Gasteiger partial charge on any atom is -0.507 e. The van der Waals surface area contributed by atoms with Crippen molar-refractivity contribution in [3.05, 3.63) is 102 Å². The molecule has 2 heterocycles. The van der Waals surface area contributed by atoms with Crippen LogP contribution in [-0.2, 0) is 9.59 Å². The molecule has 3 aromatic rings. The molecule has 27 heavy (non-hydrogen) atoms. The van der Waals surface area contributed by atoms with Crippen LogP contribution in [0.25, 0.3) is 5.76 Å². The van der Waals surface area contributed by atoms with Crippen molar-refractivity contribution < 1.29 is 14.7 Å². The number of aliphatic hydroxyl groups is 1. The van der Waals surface area contributed by atoms with E-state index in [0.717, 1.165) is 5.56 Å². The van der Waals surface area contributed by atoms with Gasteiger partial charge in [0, 0.05) is 11.8 Å². The standard InChI is InChI=1S/C22H16N2O3/c25-20(16-11-5-2-6-12-16)18-19(15-9-3-1-4-10-15)24(22(27)21(18)26)17-13-7-8-14-23-17/h1-14,19,25H. The number of amides is 1. The molecule has 1 fully saturated rings. The van der Waals surface area contributed by atoms with Crippen molar-refractivity contribution in [2.75, 3.05) is 4.90 Å². The van der Waals surface area contributed by atoms with E-state index in [9.17, 15) is 14.7 Å². The first kappa shape index (κ1) is 16.7. The second kappa shape index (κ2) is 6.88. The number of carbonyl (C=O) groups is 2. The molecule has 1 saturated heterocycles. The van der Waals surface area contributed by atoms with Gasteiger partial charge in [0.05, 0.1) is 11.6 Å². The Bertz CT molecular complexity index is 1020. The topological polar surface area (TPSA) is 70.5 Å². The molecule has 1 aliphatic heterocycles. The molecular weight excluding hydrogens is 340 g/mol. The normalized spacial score (nSPS) is 18.7. The molecule has 0 aliphatic carbocycles. The van der Waals surface area contributed by atoms with Crippen LogP contribution in [0.3, 0.4) is 0 Å². The highest BCUT2D eigenvalue weighted by molar-refractivity contribution is 6.51. The summed E-state index contributed by atoms with van der Waals surface area (Å²) in [4.78, 5) is 31.3. The van der Waals surface area contributed by atoms with Crippen LogP contribution in [0.5, 0.6) is 0 Å². The van der Waals surface area contributed by atoms with Gasteiger partial charge in [-0.05, 0) is 17.7 Å². The van der Waals surface area contributed by atoms with Crippen LogP contribution in [0, 0.1) is 0 Å². The molecule has 1 unspecified atom stereocenters. The van der Waals surface area contributed by atoms with Crippen LogP contribution < -0.4 is 4.90 Å². The summed E-state index contributed by atoms with van der Waals surface area (Å²) in [7, 11) is 0. The van der Waals surface area contributed by atoms with Gasteiger partial charge < -0.3 is 5.11 Å². The highest BCUT2D eigenvalue weighted by atomic mass is 16.3. The number of anilines is 1. The summed E-state index contributed by atoms with van der Waals surface area (Å²) in [5.74, 6) is -1.27. The maximum absolute atomic E-state index is 12.9. The van der Waals surface area contributed by atoms with Crippen LogP contribution >= 0.6 is 0 Å². The fraction of sp³-hybridized carbons (Fsp3) is 0.0455. The number of hydrogen-bond acceptors (Lipinski definition) is 4. The average molecular weight is 356 g/mol. The molecule has 2 aromatic carbocycles. The Morgan fingerprint density at radius 2 is 1.48 bits per heavy atom. The molecule has 5 heteroatoms. The molecule has 0 bridgehead atoms. The second-order valence-electron chi connectivity index (χ2n) is 6.13. The van der Waals surface area contributed by atoms with Crippen molar-refractivity contribution in [2.24, 2.45) is 0 Å². The number of carbonyl (C=O) groups excluding carboxylic acids is 2. The number of hydrogen-bond donors (Lipinski definition) is 1. The van der Waals surface area contributed by atoms with E-state index in [-0.39, 0.29) is 11.3 Å². The van der Waals surface area contributed by atoms with E-state index < -0.39 is 17.7 Å². The number of nitrogens with zero attached hydrogens (tertiary/aromatic N) is 2. The zero-order chi connectivity index (χ0) is 18.8. The molecule has 0 radical (unpaired) electrons. The van der Waals surface area contributed by atoms with Crippen molar-refractivity contribution in [3.63, 3.8) is 0 Å². The van der Waals surface area contributed by atoms with E-state index in [2.05, 4.69) is 4.98 Å². The molecule has 0 spiro atoms. The van der Waals surface area contributed by atoms with Gasteiger partial charge in [-0.2, -0.15) is 0 Å². The lowest BCUT2D eigenvalue weighted by Gasteiger charge is -2.24. The van der Waals surface area contributed by atoms with E-state index in [1.807, 2.05) is 36.4 Å². The zero-order valence-corrected chi connectivity index (χ0v) is 14.3. The van der Waals surface area contributed by atoms with Crippen LogP contribution in [0.4, 0.5) is 5.82 Å². The van der Waals surface area contributed by atoms with Crippen LogP contribution in [0.15, 0.2) is 90.6 Å². The van der Waals surface area contributed by atoms with Gasteiger partial charge in [0.15, 0.2) is 0 Å². The highest BCUT2D eigenvalue weighted by Gasteiger charge is 2.47. The summed E-state index contributed by atoms with van der Waals surface area (Å²) < 4.78 is 0. The quantitative estimate of drug-likeness (QED) is 0.441. The predicted octanol–water partition coefficient (Wildman–Crippen LogP) is 3.71. The lowest BCUT2D eigenvalue weighted by atomic mass is 9.95. The molecule has 1 atom stereocenters. The number of pyridine rings is 1. The predicted molar refractivity (Wildman–Crippen MR) is 102 cm³/mol. The Morgan fingerprint density at radius 1 is 0.852 bits per heavy atom. The fourth-order valence-corrected chi connectivity index (χ4v) is 3.27. The van der Waals surface area contributed by atoms with Crippen LogP contribution in [0.2, 0.25) is 0 Å². The van der Waals surface area contributed by atoms with Crippen molar-refractivity contribution in [1.29, 1.82) is 0 Å². The molecule has 1 aromatic heterocycles. The Labute approximate surface area is 156 Å². The third kappa shape index (κ3) is 2.89. The Kier molecular flexibility index (Phi) is 4.26. The van der Waals surface area contributed by atoms with Crippen LogP contribution in [-0.4, -0.2) is 21.8 Å². The highest BCUT2D eigenvalue weighted by Crippen LogP contribution is 2.41. The van der Waals surface area contributed by atoms with Gasteiger partial charge in [-0.1, -0.05) is 66.7 Å². The monoisotopic (exact) mass is 356 g/mol. The van der Waals surface area contributed by atoms with Crippen molar-refractivity contribution in [3.8, 4) is 0 Å². The van der Waals surface area contributed by atoms with Gasteiger partial charge >= 0.3 is 5.91 Å². The third-order valence-corrected chi connectivity index (χ3v) is 4.50. The van der Waals surface area contributed by atoms with Gasteiger partial charge in [0.2, 0.25) is 0 Å². The van der Waals surface area contributed by atoms with Gasteiger partial charge in [0.25, 0.3) is 5.78 Å². The van der Waals surface area contributed by atoms with Gasteiger partial charge in [-0.25, -0.2) is 4.98 Å². The summed E-state index contributed by atoms with van der Waals surface area (Å²) in [5.41, 5.74) is 1.26. The minimum atomic E-state index is -0.749. The van der Waals surface area contributed by atoms with E-state index in [0.29, 0.717) is 11.4 Å². The summed E-state index contributed by atoms with van der Waals surface area (Å²) in [5, 5.41) is 10.9. The Morgan fingerprint density at radius 3 is 2.11 bits per heavy atom. The summed E-state index contributed by atoms with van der Waals surface area (Å²) in [6.45, 7) is 0. The summed E-state index contributed by atoms with van der Waals surface area (Å²) in [6, 6.07) is 22.3. The lowest BCUT2D eigenvalue weighted by Crippen LogP contribution is -2.30. The number of aromatic nitrogens is 1. The lowest BCUT2D eigenvalue weighted by molar-refractivity contribution is -0.132. The average Bonchev–Trinajstić information content (AvgIpc) is 3.00. The fourth-order valence-electron chi connectivity index (χ4n) is 3.27. The number of Topliss-reactive ketones (excluding diaryl/α,β-unsaturated/α-hetero) is 1. The maximum Gasteiger partial charge on any atom is 0.301 e. The maximum atomic E-state index is 12.9. The number of benzene rings is 2. The Balaban J connectivity index is 1.95. The minimum absolute atomic E-state index is 0.0584. The SMILES string of the molecule is O=C1C(=O)N(c2ccccn2)C(c2ccccc2)C1=C(O)c1ccccc1. The van der Waals surface area contributed by atoms with Crippen molar-refractivity contribution in [2.45, 2.75) is 6.04 Å². The number of aliphatic hydroxyl groups excluding tert-OH is 1. The zero-order valence-electron chi connectivity index (χ0n) is 14.3. The molecule has 5 nitrogen and oxygen atoms in total. The van der Waals surface area contributed by atoms with Crippen molar-refractivity contribution in [1.82, 2.24) is 4.98 Å². The van der Waals surface area contributed by atoms with Crippen molar-refractivity contribution >= 4 is 23.3 Å². The smallest absolute Gasteiger partial charge is 0.301 e. The third-order valence-electron chi connectivity index (χ3n) is 4.50. The molecular formula is C22H16N2O3. The molecule has 4 rings (SSSR count). The van der Waals surface area contributed by atoms with Gasteiger partial charge in [-0.15, -0.1) is 0 Å².